The number of hydrogen-bond acceptors (Lipinski definition) is 2. The van der Waals surface area contributed by atoms with Gasteiger partial charge in [-0.25, -0.2) is 8.78 Å². The van der Waals surface area contributed by atoms with E-state index in [1.807, 2.05) is 0 Å². The Morgan fingerprint density at radius 2 is 1.94 bits per heavy atom. The number of rotatable bonds is 3. The maximum absolute atomic E-state index is 13.7. The lowest BCUT2D eigenvalue weighted by Crippen LogP contribution is -2.20. The molecule has 18 heavy (non-hydrogen) atoms. The Labute approximate surface area is 105 Å². The molecule has 0 aliphatic carbocycles. The molecular formula is C14H14F2N2. The summed E-state index contributed by atoms with van der Waals surface area (Å²) >= 11 is 0. The van der Waals surface area contributed by atoms with Crippen molar-refractivity contribution in [3.05, 3.63) is 65.0 Å². The van der Waals surface area contributed by atoms with E-state index in [4.69, 9.17) is 0 Å². The highest BCUT2D eigenvalue weighted by molar-refractivity contribution is 5.32. The molecule has 0 aliphatic heterocycles. The van der Waals surface area contributed by atoms with Gasteiger partial charge in [-0.3, -0.25) is 4.98 Å². The molecule has 0 bridgehead atoms. The maximum Gasteiger partial charge on any atom is 0.146 e. The van der Waals surface area contributed by atoms with E-state index in [1.54, 1.807) is 38.4 Å². The van der Waals surface area contributed by atoms with Crippen LogP contribution in [-0.4, -0.2) is 12.0 Å². The fourth-order valence-corrected chi connectivity index (χ4v) is 1.92. The van der Waals surface area contributed by atoms with E-state index in [0.29, 0.717) is 11.3 Å². The second-order valence-corrected chi connectivity index (χ2v) is 4.10. The van der Waals surface area contributed by atoms with E-state index >= 15 is 0 Å². The van der Waals surface area contributed by atoms with Crippen LogP contribution in [0.2, 0.25) is 0 Å². The molecule has 1 aromatic carbocycles. The van der Waals surface area contributed by atoms with Gasteiger partial charge in [0, 0.05) is 6.20 Å². The zero-order valence-corrected chi connectivity index (χ0v) is 10.2. The van der Waals surface area contributed by atoms with Crippen LogP contribution in [0.1, 0.15) is 22.9 Å². The molecule has 0 fully saturated rings. The first-order chi connectivity index (χ1) is 8.63. The Morgan fingerprint density at radius 1 is 1.17 bits per heavy atom. The number of benzene rings is 1. The number of nitrogens with zero attached hydrogens (tertiary/aromatic N) is 1. The zero-order valence-electron chi connectivity index (χ0n) is 10.2. The van der Waals surface area contributed by atoms with Crippen LogP contribution in [-0.2, 0) is 0 Å². The molecule has 0 radical (unpaired) electrons. The summed E-state index contributed by atoms with van der Waals surface area (Å²) in [6.07, 6.45) is 1.54. The molecule has 2 nitrogen and oxygen atoms in total. The fraction of sp³-hybridized carbons (Fsp3) is 0.214. The second kappa shape index (κ2) is 5.23. The van der Waals surface area contributed by atoms with Crippen LogP contribution in [0.5, 0.6) is 0 Å². The van der Waals surface area contributed by atoms with Crippen molar-refractivity contribution in [2.45, 2.75) is 13.0 Å². The van der Waals surface area contributed by atoms with Gasteiger partial charge in [-0.1, -0.05) is 12.1 Å². The third-order valence-electron chi connectivity index (χ3n) is 2.86. The van der Waals surface area contributed by atoms with E-state index < -0.39 is 0 Å². The van der Waals surface area contributed by atoms with Crippen molar-refractivity contribution in [3.63, 3.8) is 0 Å². The number of pyridine rings is 1. The third-order valence-corrected chi connectivity index (χ3v) is 2.86. The van der Waals surface area contributed by atoms with Gasteiger partial charge in [0.15, 0.2) is 0 Å². The summed E-state index contributed by atoms with van der Waals surface area (Å²) in [4.78, 5) is 4.05. The lowest BCUT2D eigenvalue weighted by atomic mass is 10.0. The minimum Gasteiger partial charge on any atom is -0.308 e. The molecule has 0 spiro atoms. The van der Waals surface area contributed by atoms with Crippen molar-refractivity contribution >= 4 is 0 Å². The first kappa shape index (κ1) is 12.6. The zero-order chi connectivity index (χ0) is 13.1. The van der Waals surface area contributed by atoms with E-state index in [9.17, 15) is 8.78 Å². The summed E-state index contributed by atoms with van der Waals surface area (Å²) in [5, 5.41) is 3.00. The molecule has 0 aliphatic rings. The van der Waals surface area contributed by atoms with E-state index in [2.05, 4.69) is 10.3 Å². The van der Waals surface area contributed by atoms with Crippen molar-refractivity contribution in [1.29, 1.82) is 0 Å². The second-order valence-electron chi connectivity index (χ2n) is 4.10. The highest BCUT2D eigenvalue weighted by Gasteiger charge is 2.17. The van der Waals surface area contributed by atoms with E-state index in [-0.39, 0.29) is 17.7 Å². The Hall–Kier alpha value is -1.81. The number of aryl methyl sites for hydroxylation is 1. The van der Waals surface area contributed by atoms with E-state index in [0.717, 1.165) is 5.56 Å². The number of halogens is 2. The topological polar surface area (TPSA) is 24.9 Å². The largest absolute Gasteiger partial charge is 0.308 e. The molecule has 1 unspecified atom stereocenters. The van der Waals surface area contributed by atoms with Gasteiger partial charge in [-0.2, -0.15) is 0 Å². The van der Waals surface area contributed by atoms with Crippen LogP contribution in [0.15, 0.2) is 36.5 Å². The molecule has 94 valence electrons. The first-order valence-corrected chi connectivity index (χ1v) is 5.67. The lowest BCUT2D eigenvalue weighted by Gasteiger charge is -2.17. The van der Waals surface area contributed by atoms with E-state index in [1.165, 1.54) is 12.1 Å². The van der Waals surface area contributed by atoms with Crippen LogP contribution < -0.4 is 5.32 Å². The molecule has 0 saturated heterocycles. The van der Waals surface area contributed by atoms with Crippen LogP contribution in [0, 0.1) is 18.6 Å². The summed E-state index contributed by atoms with van der Waals surface area (Å²) in [6, 6.07) is 7.24. The van der Waals surface area contributed by atoms with Gasteiger partial charge < -0.3 is 5.32 Å². The van der Waals surface area contributed by atoms with Crippen LogP contribution >= 0.6 is 0 Å². The normalized spacial score (nSPS) is 12.4. The number of aromatic nitrogens is 1. The Balaban J connectivity index is 2.45. The number of hydrogen-bond donors (Lipinski definition) is 1. The van der Waals surface area contributed by atoms with Gasteiger partial charge in [-0.05, 0) is 43.3 Å². The number of nitrogens with one attached hydrogen (secondary N) is 1. The van der Waals surface area contributed by atoms with Crippen molar-refractivity contribution in [3.8, 4) is 0 Å². The van der Waals surface area contributed by atoms with Crippen molar-refractivity contribution in [1.82, 2.24) is 10.3 Å². The van der Waals surface area contributed by atoms with Gasteiger partial charge >= 0.3 is 0 Å². The Morgan fingerprint density at radius 3 is 2.56 bits per heavy atom. The van der Waals surface area contributed by atoms with Gasteiger partial charge in [0.25, 0.3) is 0 Å². The summed E-state index contributed by atoms with van der Waals surface area (Å²) < 4.78 is 27.0. The van der Waals surface area contributed by atoms with Gasteiger partial charge in [0.1, 0.15) is 11.6 Å². The third kappa shape index (κ3) is 2.38. The van der Waals surface area contributed by atoms with Crippen molar-refractivity contribution in [2.24, 2.45) is 0 Å². The Bertz CT molecular complexity index is 555. The monoisotopic (exact) mass is 248 g/mol. The molecule has 1 atom stereocenters. The summed E-state index contributed by atoms with van der Waals surface area (Å²) in [7, 11) is 1.72. The minimum absolute atomic E-state index is 0.268. The average molecular weight is 248 g/mol. The standard InChI is InChI=1S/C14H14F2N2/c1-9-8-10(5-6-11(9)15)13(17-2)14-12(16)4-3-7-18-14/h3-8,13,17H,1-2H3. The molecule has 4 heteroatoms. The molecule has 2 rings (SSSR count). The summed E-state index contributed by atoms with van der Waals surface area (Å²) in [5.41, 5.74) is 1.63. The fourth-order valence-electron chi connectivity index (χ4n) is 1.92. The summed E-state index contributed by atoms with van der Waals surface area (Å²) in [6.45, 7) is 1.68. The highest BCUT2D eigenvalue weighted by Crippen LogP contribution is 2.23. The van der Waals surface area contributed by atoms with Gasteiger partial charge in [-0.15, -0.1) is 0 Å². The highest BCUT2D eigenvalue weighted by atomic mass is 19.1. The van der Waals surface area contributed by atoms with Crippen molar-refractivity contribution in [2.75, 3.05) is 7.05 Å². The molecular weight excluding hydrogens is 234 g/mol. The molecule has 2 aromatic rings. The molecule has 0 saturated carbocycles. The predicted octanol–water partition coefficient (Wildman–Crippen LogP) is 2.98. The van der Waals surface area contributed by atoms with Gasteiger partial charge in [0.2, 0.25) is 0 Å². The predicted molar refractivity (Wildman–Crippen MR) is 66.2 cm³/mol. The SMILES string of the molecule is CNC(c1ccc(F)c(C)c1)c1ncccc1F. The summed E-state index contributed by atoms with van der Waals surface area (Å²) in [5.74, 6) is -0.645. The average Bonchev–Trinajstić information content (AvgIpc) is 2.37. The van der Waals surface area contributed by atoms with Gasteiger partial charge in [0.05, 0.1) is 11.7 Å². The van der Waals surface area contributed by atoms with Crippen molar-refractivity contribution < 1.29 is 8.78 Å². The smallest absolute Gasteiger partial charge is 0.146 e. The molecule has 1 aromatic heterocycles. The van der Waals surface area contributed by atoms with Crippen LogP contribution in [0.3, 0.4) is 0 Å². The molecule has 1 heterocycles. The minimum atomic E-state index is -0.384. The maximum atomic E-state index is 13.7. The van der Waals surface area contributed by atoms with Crippen LogP contribution in [0.4, 0.5) is 8.78 Å². The molecule has 0 amide bonds. The lowest BCUT2D eigenvalue weighted by molar-refractivity contribution is 0.558. The quantitative estimate of drug-likeness (QED) is 0.903. The van der Waals surface area contributed by atoms with Crippen LogP contribution in [0.25, 0.3) is 0 Å². The first-order valence-electron chi connectivity index (χ1n) is 5.67. The molecule has 1 N–H and O–H groups in total. The Kier molecular flexibility index (Phi) is 3.67.